The fourth-order valence-electron chi connectivity index (χ4n) is 10.4. The van der Waals surface area contributed by atoms with E-state index in [0.717, 1.165) is 0 Å². The van der Waals surface area contributed by atoms with Crippen LogP contribution in [0.25, 0.3) is 100 Å². The van der Waals surface area contributed by atoms with E-state index < -0.39 is 21.8 Å². The van der Waals surface area contributed by atoms with E-state index in [1.807, 2.05) is 0 Å². The van der Waals surface area contributed by atoms with E-state index in [1.165, 1.54) is 110 Å². The second-order valence-corrected chi connectivity index (χ2v) is 26.2. The van der Waals surface area contributed by atoms with E-state index in [0.29, 0.717) is 0 Å². The van der Waals surface area contributed by atoms with Crippen LogP contribution in [0, 0.1) is 0 Å². The van der Waals surface area contributed by atoms with Crippen molar-refractivity contribution in [1.29, 1.82) is 0 Å². The van der Waals surface area contributed by atoms with Gasteiger partial charge in [0.25, 0.3) is 0 Å². The van der Waals surface area contributed by atoms with Gasteiger partial charge in [-0.3, -0.25) is 0 Å². The number of rotatable bonds is 12. The molecule has 12 aromatic rings. The van der Waals surface area contributed by atoms with Crippen molar-refractivity contribution < 1.29 is 0 Å². The third-order valence-electron chi connectivity index (χ3n) is 13.8. The van der Waals surface area contributed by atoms with Gasteiger partial charge in [-0.15, -0.1) is 0 Å². The molecule has 0 fully saturated rings. The van der Waals surface area contributed by atoms with Gasteiger partial charge in [-0.1, -0.05) is 0 Å². The molecule has 12 rings (SSSR count). The van der Waals surface area contributed by atoms with Gasteiger partial charge in [0.1, 0.15) is 0 Å². The summed E-state index contributed by atoms with van der Waals surface area (Å²) in [6.07, 6.45) is 0. The minimum atomic E-state index is -4.09. The Morgan fingerprint density at radius 3 is 0.425 bits per heavy atom. The Morgan fingerprint density at radius 2 is 0.274 bits per heavy atom. The Balaban J connectivity index is 1.35. The molecule has 0 spiro atoms. The molecular weight excluding hydrogens is 1070 g/mol. The molecule has 0 amide bonds. The maximum absolute atomic E-state index is 4.09. The molecule has 73 heavy (non-hydrogen) atoms. The molecule has 344 valence electrons. The van der Waals surface area contributed by atoms with Crippen molar-refractivity contribution in [3.63, 3.8) is 0 Å². The first-order chi connectivity index (χ1) is 36.2. The van der Waals surface area contributed by atoms with Gasteiger partial charge < -0.3 is 0 Å². The molecule has 0 unspecified atom stereocenters. The van der Waals surface area contributed by atoms with E-state index in [4.69, 9.17) is 0 Å². The van der Waals surface area contributed by atoms with Crippen LogP contribution in [-0.2, 0) is 0 Å². The second-order valence-electron chi connectivity index (χ2n) is 18.4. The standard InChI is InChI=1S/3C24H17.Bi/c3*1-4-10-19(11-5-1)22-16-23(20-12-6-2-7-13-20)18-24(17-22)21-14-8-3-9-15-21;/h3*1-17H;. The zero-order chi connectivity index (χ0) is 48.8. The SMILES string of the molecule is c1ccc(-c2cc(-c3ccccc3)[c]([Bi]([c]3c(-c4ccccc4)cc(-c4ccccc4)cc3-c3ccccc3)[c]3c(-c4ccccc4)cc(-c4ccccc4)cc3-c3ccccc3)c(-c3ccccc3)c2)cc1. The summed E-state index contributed by atoms with van der Waals surface area (Å²) in [7, 11) is 0. The van der Waals surface area contributed by atoms with Crippen molar-refractivity contribution >= 4 is 31.6 Å². The molecule has 12 aromatic carbocycles. The van der Waals surface area contributed by atoms with Gasteiger partial charge in [-0.05, 0) is 0 Å². The molecule has 0 saturated heterocycles. The first-order valence-corrected chi connectivity index (χ1v) is 30.3. The zero-order valence-corrected chi connectivity index (χ0v) is 43.9. The van der Waals surface area contributed by atoms with Gasteiger partial charge in [0.2, 0.25) is 0 Å². The molecule has 0 aromatic heterocycles. The van der Waals surface area contributed by atoms with E-state index in [2.05, 4.69) is 309 Å². The summed E-state index contributed by atoms with van der Waals surface area (Å²) < 4.78 is 4.32. The summed E-state index contributed by atoms with van der Waals surface area (Å²) in [6.45, 7) is 0. The Labute approximate surface area is 437 Å². The molecule has 1 heteroatoms. The van der Waals surface area contributed by atoms with Crippen LogP contribution in [0.5, 0.6) is 0 Å². The molecule has 0 nitrogen and oxygen atoms in total. The van der Waals surface area contributed by atoms with Crippen LogP contribution >= 0.6 is 0 Å². The van der Waals surface area contributed by atoms with Gasteiger partial charge >= 0.3 is 441 Å². The van der Waals surface area contributed by atoms with Crippen LogP contribution in [0.3, 0.4) is 0 Å². The Hall–Kier alpha value is -8.48. The first kappa shape index (κ1) is 45.6. The van der Waals surface area contributed by atoms with Crippen LogP contribution < -0.4 is 9.81 Å². The third kappa shape index (κ3) is 9.45. The summed E-state index contributed by atoms with van der Waals surface area (Å²) in [6, 6.07) is 115. The van der Waals surface area contributed by atoms with E-state index in [-0.39, 0.29) is 0 Å². The van der Waals surface area contributed by atoms with Crippen LogP contribution in [-0.4, -0.2) is 21.8 Å². The molecule has 0 radical (unpaired) electrons. The van der Waals surface area contributed by atoms with Crippen LogP contribution in [0.1, 0.15) is 0 Å². The zero-order valence-electron chi connectivity index (χ0n) is 40.4. The molecule has 0 atom stereocenters. The average Bonchev–Trinajstić information content (AvgIpc) is 3.49. The monoisotopic (exact) mass is 1120 g/mol. The van der Waals surface area contributed by atoms with Gasteiger partial charge in [0.15, 0.2) is 0 Å². The predicted molar refractivity (Wildman–Crippen MR) is 313 cm³/mol. The molecule has 0 N–H and O–H groups in total. The van der Waals surface area contributed by atoms with E-state index >= 15 is 0 Å². The molecular formula is C72H51Bi. The quantitative estimate of drug-likeness (QED) is 0.107. The summed E-state index contributed by atoms with van der Waals surface area (Å²) in [5.74, 6) is 0. The van der Waals surface area contributed by atoms with Gasteiger partial charge in [-0.2, -0.15) is 0 Å². The van der Waals surface area contributed by atoms with E-state index in [1.54, 1.807) is 0 Å². The number of hydrogen-bond donors (Lipinski definition) is 0. The molecule has 0 saturated carbocycles. The molecule has 0 heterocycles. The molecule has 0 bridgehead atoms. The number of benzene rings is 12. The normalized spacial score (nSPS) is 11.1. The van der Waals surface area contributed by atoms with Crippen molar-refractivity contribution in [2.75, 3.05) is 0 Å². The second kappa shape index (κ2) is 21.1. The van der Waals surface area contributed by atoms with Crippen molar-refractivity contribution in [2.24, 2.45) is 0 Å². The fraction of sp³-hybridized carbons (Fsp3) is 0. The topological polar surface area (TPSA) is 0 Å². The average molecular weight is 1130 g/mol. The third-order valence-corrected chi connectivity index (χ3v) is 24.7. The number of hydrogen-bond acceptors (Lipinski definition) is 0. The fourth-order valence-corrected chi connectivity index (χ4v) is 23.1. The van der Waals surface area contributed by atoms with Crippen molar-refractivity contribution in [1.82, 2.24) is 0 Å². The maximum atomic E-state index is 2.51. The summed E-state index contributed by atoms with van der Waals surface area (Å²) in [5, 5.41) is 0. The van der Waals surface area contributed by atoms with Crippen LogP contribution in [0.4, 0.5) is 0 Å². The molecule has 0 aliphatic rings. The Bertz CT molecular complexity index is 3180. The van der Waals surface area contributed by atoms with E-state index in [9.17, 15) is 0 Å². The molecule has 0 aliphatic heterocycles. The minimum absolute atomic E-state index is 1.19. The van der Waals surface area contributed by atoms with Crippen molar-refractivity contribution in [3.8, 4) is 100 Å². The van der Waals surface area contributed by atoms with Crippen molar-refractivity contribution in [3.05, 3.63) is 309 Å². The summed E-state index contributed by atoms with van der Waals surface area (Å²) in [4.78, 5) is 0. The summed E-state index contributed by atoms with van der Waals surface area (Å²) in [5.41, 5.74) is 22.1. The molecule has 0 aliphatic carbocycles. The van der Waals surface area contributed by atoms with Crippen LogP contribution in [0.15, 0.2) is 309 Å². The Morgan fingerprint density at radius 1 is 0.137 bits per heavy atom. The first-order valence-electron chi connectivity index (χ1n) is 25.1. The van der Waals surface area contributed by atoms with Gasteiger partial charge in [0.05, 0.1) is 0 Å². The van der Waals surface area contributed by atoms with Crippen LogP contribution in [0.2, 0.25) is 0 Å². The predicted octanol–water partition coefficient (Wildman–Crippen LogP) is 17.2. The van der Waals surface area contributed by atoms with Gasteiger partial charge in [0, 0.05) is 0 Å². The summed E-state index contributed by atoms with van der Waals surface area (Å²) >= 11 is -4.09. The van der Waals surface area contributed by atoms with Gasteiger partial charge in [-0.25, -0.2) is 0 Å². The Kier molecular flexibility index (Phi) is 13.2. The van der Waals surface area contributed by atoms with Crippen molar-refractivity contribution in [2.45, 2.75) is 0 Å².